The molecular weight excluding hydrogens is 440 g/mol. The number of methoxy groups -OCH3 is 1. The van der Waals surface area contributed by atoms with E-state index < -0.39 is 23.9 Å². The minimum atomic E-state index is -1.06. The van der Waals surface area contributed by atoms with Gasteiger partial charge in [0.05, 0.1) is 18.7 Å². The van der Waals surface area contributed by atoms with E-state index in [1.54, 1.807) is 36.4 Å². The number of halogens is 1. The third-order valence-electron chi connectivity index (χ3n) is 5.19. The van der Waals surface area contributed by atoms with Crippen LogP contribution < -0.4 is 24.4 Å². The zero-order valence-corrected chi connectivity index (χ0v) is 18.2. The molecule has 2 aromatic carbocycles. The summed E-state index contributed by atoms with van der Waals surface area (Å²) in [4.78, 5) is 39.1. The molecular formula is C22H21ClN2O7. The fourth-order valence-electron chi connectivity index (χ4n) is 3.51. The lowest BCUT2D eigenvalue weighted by molar-refractivity contribution is -0.157. The number of ether oxygens (including phenoxy) is 4. The summed E-state index contributed by atoms with van der Waals surface area (Å²) in [5.74, 6) is -0.530. The van der Waals surface area contributed by atoms with Crippen LogP contribution >= 0.6 is 11.6 Å². The lowest BCUT2D eigenvalue weighted by atomic mass is 10.1. The van der Waals surface area contributed by atoms with Crippen LogP contribution in [0.5, 0.6) is 17.2 Å². The highest BCUT2D eigenvalue weighted by molar-refractivity contribution is 6.31. The lowest BCUT2D eigenvalue weighted by Gasteiger charge is -2.20. The molecule has 0 unspecified atom stereocenters. The molecule has 0 aromatic heterocycles. The highest BCUT2D eigenvalue weighted by atomic mass is 35.5. The van der Waals surface area contributed by atoms with Crippen LogP contribution in [0.4, 0.5) is 11.4 Å². The number of esters is 1. The van der Waals surface area contributed by atoms with Crippen LogP contribution in [-0.4, -0.2) is 44.3 Å². The van der Waals surface area contributed by atoms with E-state index >= 15 is 0 Å². The highest BCUT2D eigenvalue weighted by Crippen LogP contribution is 2.36. The van der Waals surface area contributed by atoms with Gasteiger partial charge in [0.2, 0.25) is 12.7 Å². The number of nitrogens with zero attached hydrogens (tertiary/aromatic N) is 1. The van der Waals surface area contributed by atoms with Crippen molar-refractivity contribution < 1.29 is 33.3 Å². The van der Waals surface area contributed by atoms with E-state index in [2.05, 4.69) is 5.32 Å². The molecule has 0 radical (unpaired) electrons. The Morgan fingerprint density at radius 1 is 1.19 bits per heavy atom. The van der Waals surface area contributed by atoms with Crippen molar-refractivity contribution in [1.82, 2.24) is 0 Å². The number of hydrogen-bond acceptors (Lipinski definition) is 7. The summed E-state index contributed by atoms with van der Waals surface area (Å²) in [7, 11) is 1.49. The molecule has 2 aliphatic rings. The molecule has 9 nitrogen and oxygen atoms in total. The summed E-state index contributed by atoms with van der Waals surface area (Å²) < 4.78 is 21.1. The Morgan fingerprint density at radius 3 is 2.75 bits per heavy atom. The van der Waals surface area contributed by atoms with Crippen LogP contribution in [0.15, 0.2) is 36.4 Å². The molecule has 2 aliphatic heterocycles. The molecule has 0 bridgehead atoms. The molecule has 0 spiro atoms. The third kappa shape index (κ3) is 4.43. The first-order valence-electron chi connectivity index (χ1n) is 9.90. The van der Waals surface area contributed by atoms with Gasteiger partial charge in [0, 0.05) is 29.7 Å². The summed E-state index contributed by atoms with van der Waals surface area (Å²) in [5, 5.41) is 3.11. The van der Waals surface area contributed by atoms with Gasteiger partial charge in [-0.2, -0.15) is 0 Å². The van der Waals surface area contributed by atoms with Crippen molar-refractivity contribution >= 4 is 40.8 Å². The van der Waals surface area contributed by atoms with E-state index in [0.29, 0.717) is 33.6 Å². The van der Waals surface area contributed by atoms with E-state index in [9.17, 15) is 14.4 Å². The molecule has 2 aromatic rings. The molecule has 2 heterocycles. The number of carbonyl (C=O) groups excluding carboxylic acids is 3. The molecule has 10 heteroatoms. The molecule has 32 heavy (non-hydrogen) atoms. The largest absolute Gasteiger partial charge is 0.495 e. The molecule has 4 rings (SSSR count). The van der Waals surface area contributed by atoms with E-state index in [-0.39, 0.29) is 25.7 Å². The minimum absolute atomic E-state index is 0.0367. The Bertz CT molecular complexity index is 1070. The van der Waals surface area contributed by atoms with Crippen LogP contribution in [0.3, 0.4) is 0 Å². The minimum Gasteiger partial charge on any atom is -0.495 e. The highest BCUT2D eigenvalue weighted by Gasteiger charge is 2.38. The predicted octanol–water partition coefficient (Wildman–Crippen LogP) is 3.00. The van der Waals surface area contributed by atoms with Crippen LogP contribution in [0.2, 0.25) is 5.02 Å². The van der Waals surface area contributed by atoms with E-state index in [1.807, 2.05) is 0 Å². The number of anilines is 2. The van der Waals surface area contributed by atoms with Gasteiger partial charge < -0.3 is 29.2 Å². The van der Waals surface area contributed by atoms with Gasteiger partial charge in [0.1, 0.15) is 5.75 Å². The van der Waals surface area contributed by atoms with E-state index in [1.165, 1.54) is 18.9 Å². The Kier molecular flexibility index (Phi) is 6.09. The maximum absolute atomic E-state index is 12.6. The zero-order chi connectivity index (χ0) is 22.8. The summed E-state index contributed by atoms with van der Waals surface area (Å²) in [6.07, 6.45) is -1.09. The van der Waals surface area contributed by atoms with Gasteiger partial charge in [0.25, 0.3) is 5.91 Å². The second-order valence-corrected chi connectivity index (χ2v) is 7.79. The molecule has 0 saturated carbocycles. The van der Waals surface area contributed by atoms with Crippen LogP contribution in [0.25, 0.3) is 0 Å². The smallest absolute Gasteiger partial charge is 0.312 e. The van der Waals surface area contributed by atoms with Crippen LogP contribution in [-0.2, 0) is 19.1 Å². The lowest BCUT2D eigenvalue weighted by Crippen LogP contribution is -2.33. The number of nitrogens with one attached hydrogen (secondary N) is 1. The molecule has 168 valence electrons. The van der Waals surface area contributed by atoms with Gasteiger partial charge in [0.15, 0.2) is 17.6 Å². The molecule has 0 aliphatic carbocycles. The average Bonchev–Trinajstić information content (AvgIpc) is 3.39. The molecule has 2 amide bonds. The average molecular weight is 461 g/mol. The fraction of sp³-hybridized carbons (Fsp3) is 0.318. The maximum atomic E-state index is 12.6. The van der Waals surface area contributed by atoms with E-state index in [4.69, 9.17) is 30.5 Å². The zero-order valence-electron chi connectivity index (χ0n) is 17.4. The monoisotopic (exact) mass is 460 g/mol. The van der Waals surface area contributed by atoms with Gasteiger partial charge in [-0.15, -0.1) is 0 Å². The van der Waals surface area contributed by atoms with Gasteiger partial charge in [-0.1, -0.05) is 11.6 Å². The summed E-state index contributed by atoms with van der Waals surface area (Å²) in [5.41, 5.74) is 0.964. The summed E-state index contributed by atoms with van der Waals surface area (Å²) in [6, 6.07) is 9.87. The SMILES string of the molecule is COc1ccc(Cl)cc1N1C[C@H](C(=O)O[C@H](C)C(=O)Nc2ccc3c(c2)OCO3)CC1=O. The predicted molar refractivity (Wildman–Crippen MR) is 115 cm³/mol. The topological polar surface area (TPSA) is 103 Å². The van der Waals surface area contributed by atoms with Crippen LogP contribution in [0.1, 0.15) is 13.3 Å². The number of carbonyl (C=O) groups is 3. The van der Waals surface area contributed by atoms with Crippen LogP contribution in [0, 0.1) is 5.92 Å². The number of fused-ring (bicyclic) bond motifs is 1. The second kappa shape index (κ2) is 8.96. The third-order valence-corrected chi connectivity index (χ3v) is 5.43. The van der Waals surface area contributed by atoms with Crippen molar-refractivity contribution in [3.63, 3.8) is 0 Å². The van der Waals surface area contributed by atoms with Gasteiger partial charge in [-0.3, -0.25) is 14.4 Å². The van der Waals surface area contributed by atoms with Gasteiger partial charge in [-0.05, 0) is 37.3 Å². The van der Waals surface area contributed by atoms with Crippen molar-refractivity contribution in [2.45, 2.75) is 19.4 Å². The first-order valence-corrected chi connectivity index (χ1v) is 10.3. The van der Waals surface area contributed by atoms with Gasteiger partial charge in [-0.25, -0.2) is 0 Å². The fourth-order valence-corrected chi connectivity index (χ4v) is 3.68. The van der Waals surface area contributed by atoms with Crippen molar-refractivity contribution in [2.24, 2.45) is 5.92 Å². The second-order valence-electron chi connectivity index (χ2n) is 7.36. The molecule has 1 saturated heterocycles. The first-order chi connectivity index (χ1) is 15.4. The summed E-state index contributed by atoms with van der Waals surface area (Å²) in [6.45, 7) is 1.69. The Morgan fingerprint density at radius 2 is 1.97 bits per heavy atom. The Labute approximate surface area is 189 Å². The van der Waals surface area contributed by atoms with E-state index in [0.717, 1.165) is 0 Å². The van der Waals surface area contributed by atoms with Crippen molar-refractivity contribution in [2.75, 3.05) is 30.7 Å². The standard InChI is InChI=1S/C22H21ClN2O7/c1-12(21(27)24-15-4-6-18-19(9-15)31-11-30-18)32-22(28)13-7-20(26)25(10-13)16-8-14(23)3-5-17(16)29-2/h3-6,8-9,12-13H,7,10-11H2,1-2H3,(H,24,27)/t12-,13-/m1/s1. The normalized spacial score (nSPS) is 17.8. The molecule has 1 N–H and O–H groups in total. The number of benzene rings is 2. The number of rotatable bonds is 6. The Hall–Kier alpha value is -3.46. The van der Waals surface area contributed by atoms with Crippen molar-refractivity contribution in [3.8, 4) is 17.2 Å². The quantitative estimate of drug-likeness (QED) is 0.661. The summed E-state index contributed by atoms with van der Waals surface area (Å²) >= 11 is 6.06. The number of amides is 2. The van der Waals surface area contributed by atoms with Crippen molar-refractivity contribution in [1.29, 1.82) is 0 Å². The Balaban J connectivity index is 1.37. The number of hydrogen-bond donors (Lipinski definition) is 1. The van der Waals surface area contributed by atoms with Gasteiger partial charge >= 0.3 is 5.97 Å². The van der Waals surface area contributed by atoms with Crippen molar-refractivity contribution in [3.05, 3.63) is 41.4 Å². The maximum Gasteiger partial charge on any atom is 0.312 e. The first kappa shape index (κ1) is 21.8. The molecule has 2 atom stereocenters. The molecule has 1 fully saturated rings.